The highest BCUT2D eigenvalue weighted by Gasteiger charge is 2.50. The third-order valence-corrected chi connectivity index (χ3v) is 24.6. The molecule has 0 aromatic heterocycles. The number of phenols is 1. The van der Waals surface area contributed by atoms with E-state index in [-0.39, 0.29) is 81.5 Å². The van der Waals surface area contributed by atoms with E-state index in [4.69, 9.17) is 4.74 Å². The molecule has 710 valence electrons. The minimum absolute atomic E-state index is 0.0395. The molecule has 0 bridgehead atoms. The van der Waals surface area contributed by atoms with Gasteiger partial charge >= 0.3 is 6.09 Å². The smallest absolute Gasteiger partial charge is 0.407 e. The first-order valence-electron chi connectivity index (χ1n) is 45.0. The zero-order valence-corrected chi connectivity index (χ0v) is 75.7. The lowest BCUT2D eigenvalue weighted by Crippen LogP contribution is -2.65. The SMILES string of the molecule is CC[C@H](C)C[C@H](C)CCCCCCCCC(=O)N[C@H]1C[C@@H](O)[C@@H](NCCNC(=O)OCC2c3ccccc3-c3ccccc32)NC(=O)[C@@H]2[C@@H](O)CCN2C(=O)[C@H]([C@H](O)CCNC(=O)CCNC(=O)[C@H](Cc2ccccc2)NC(=O)[C@H](CC(C)C)NC(=O)[C@H](CCSC)NC(C)=O)NC(=O)[C@H]([C@H](O)[C@@H](O)c2ccc(O)cc2)NC(=O)[C@@H]2C[C@@H](O)CN2C(=O)[C@H]([C@@H](C)O)NC1=O. The van der Waals surface area contributed by atoms with Gasteiger partial charge in [0, 0.05) is 84.2 Å². The Kier molecular flexibility index (Phi) is 41.8. The molecule has 8 rings (SSSR count). The molecule has 0 unspecified atom stereocenters. The Bertz CT molecular complexity index is 4340. The van der Waals surface area contributed by atoms with Crippen molar-refractivity contribution in [1.82, 2.24) is 73.6 Å². The number of nitrogens with one attached hydrogen (secondary N) is 12. The molecule has 3 aliphatic heterocycles. The van der Waals surface area contributed by atoms with Gasteiger partial charge in [0.05, 0.1) is 30.5 Å². The quantitative estimate of drug-likeness (QED) is 0.0279. The van der Waals surface area contributed by atoms with Crippen molar-refractivity contribution in [2.45, 2.75) is 273 Å². The molecule has 3 saturated heterocycles. The van der Waals surface area contributed by atoms with Crippen LogP contribution in [-0.4, -0.2) is 283 Å². The molecule has 37 heteroatoms. The van der Waals surface area contributed by atoms with Crippen LogP contribution < -0.4 is 63.8 Å². The van der Waals surface area contributed by atoms with Gasteiger partial charge in [-0.25, -0.2) is 4.79 Å². The maximum atomic E-state index is 15.7. The van der Waals surface area contributed by atoms with Gasteiger partial charge in [-0.2, -0.15) is 11.8 Å². The largest absolute Gasteiger partial charge is 0.508 e. The minimum Gasteiger partial charge on any atom is -0.508 e. The second kappa shape index (κ2) is 51.9. The van der Waals surface area contributed by atoms with E-state index < -0.39 is 226 Å². The summed E-state index contributed by atoms with van der Waals surface area (Å²) in [6.07, 6.45) is -9.13. The van der Waals surface area contributed by atoms with E-state index in [1.165, 1.54) is 18.7 Å². The Morgan fingerprint density at radius 3 is 1.84 bits per heavy atom. The lowest BCUT2D eigenvalue weighted by Gasteiger charge is -2.35. The minimum atomic E-state index is -2.45. The molecule has 1 aliphatic carbocycles. The Hall–Kier alpha value is -10.4. The van der Waals surface area contributed by atoms with Crippen LogP contribution in [0.4, 0.5) is 4.79 Å². The van der Waals surface area contributed by atoms with Gasteiger partial charge in [-0.15, -0.1) is 0 Å². The highest BCUT2D eigenvalue weighted by atomic mass is 32.2. The number of rotatable bonds is 43. The van der Waals surface area contributed by atoms with Crippen LogP contribution in [0.1, 0.15) is 192 Å². The highest BCUT2D eigenvalue weighted by molar-refractivity contribution is 7.98. The third kappa shape index (κ3) is 31.4. The normalized spacial score (nSPS) is 22.6. The van der Waals surface area contributed by atoms with E-state index >= 15 is 28.8 Å². The Labute approximate surface area is 757 Å². The van der Waals surface area contributed by atoms with Gasteiger partial charge < -0.3 is 114 Å². The van der Waals surface area contributed by atoms with Gasteiger partial charge in [0.15, 0.2) is 0 Å². The van der Waals surface area contributed by atoms with Gasteiger partial charge in [0.25, 0.3) is 0 Å². The molecule has 3 fully saturated rings. The summed E-state index contributed by atoms with van der Waals surface area (Å²) in [5, 5.41) is 125. The molecule has 36 nitrogen and oxygen atoms in total. The molecular weight excluding hydrogens is 1690 g/mol. The summed E-state index contributed by atoms with van der Waals surface area (Å²) < 4.78 is 5.76. The maximum Gasteiger partial charge on any atom is 0.407 e. The number of fused-ring (bicyclic) bond motifs is 5. The lowest BCUT2D eigenvalue weighted by molar-refractivity contribution is -0.148. The summed E-state index contributed by atoms with van der Waals surface area (Å²) in [5.74, 6) is -10.7. The number of carbonyl (C=O) groups excluding carboxylic acids is 13. The van der Waals surface area contributed by atoms with Crippen LogP contribution in [0.2, 0.25) is 0 Å². The van der Waals surface area contributed by atoms with Crippen molar-refractivity contribution >= 4 is 88.7 Å². The maximum absolute atomic E-state index is 15.7. The molecule has 0 saturated carbocycles. The van der Waals surface area contributed by atoms with Crippen LogP contribution in [0.5, 0.6) is 5.75 Å². The fraction of sp³-hybridized carbons (Fsp3) is 0.598. The average molecular weight is 1820 g/mol. The number of aliphatic hydroxyl groups is 7. The van der Waals surface area contributed by atoms with Crippen molar-refractivity contribution < 1.29 is 108 Å². The number of amides is 13. The molecule has 0 spiro atoms. The summed E-state index contributed by atoms with van der Waals surface area (Å²) in [5.41, 5.74) is 4.33. The lowest BCUT2D eigenvalue weighted by atomic mass is 9.91. The van der Waals surface area contributed by atoms with Crippen molar-refractivity contribution in [1.29, 1.82) is 0 Å². The van der Waals surface area contributed by atoms with Crippen molar-refractivity contribution in [2.75, 3.05) is 57.9 Å². The molecule has 19 atom stereocenters. The molecule has 13 amide bonds. The van der Waals surface area contributed by atoms with E-state index in [0.29, 0.717) is 36.0 Å². The van der Waals surface area contributed by atoms with E-state index in [9.17, 15) is 74.4 Å². The zero-order chi connectivity index (χ0) is 94.1. The second-order valence-corrected chi connectivity index (χ2v) is 35.8. The highest BCUT2D eigenvalue weighted by Crippen LogP contribution is 2.45. The van der Waals surface area contributed by atoms with E-state index in [0.717, 1.165) is 108 Å². The first-order valence-corrected chi connectivity index (χ1v) is 46.4. The number of carbonyl (C=O) groups is 13. The third-order valence-electron chi connectivity index (χ3n) is 24.0. The Morgan fingerprint density at radius 1 is 0.566 bits per heavy atom. The standard InChI is InChI=1S/C92H134N14O22S/c1-9-53(4)46-54(5)23-15-12-10-11-13-18-30-75(115)98-69-49-73(113)82(94-41-42-96-92(127)128-51-65-63-28-21-19-26-61(63)62-27-20-22-29-64(62)65)104-89(124)79-72(112)37-43-105(79)91(126)77(102-88(123)78(81(117)80(116)58-31-33-59(109)34-32-58)103-87(122)70-48-60(110)50-106(70)90(125)76(55(6)107)101-86(69)121)71(111)35-39-93-74(114)36-40-95-83(118)68(47-57-24-16-14-17-25-57)100-85(120)67(45-52(2)3)99-84(119)66(38-44-129-8)97-56(7)108/h14,16-17,19-22,24-29,31-34,52-55,60,65-73,76-82,94,107,109-113,116-117H,9-13,15,18,23,30,35-51H2,1-8H3,(H,93,114)(H,95,118)(H,96,127)(H,97,108)(H,98,115)(H,99,119)(H,100,120)(H,101,121)(H,102,123)(H,103,122)(H,104,124)/t53-,54+,55+,60+,66-,67-,68-,69-,70-,71+,72-,73+,76-,77-,78-,79-,80-,81-,82-/m0/s1. The van der Waals surface area contributed by atoms with E-state index in [1.54, 1.807) is 30.3 Å². The molecule has 0 radical (unpaired) electrons. The number of thioether (sulfide) groups is 1. The first kappa shape index (κ1) is 104. The van der Waals surface area contributed by atoms with Gasteiger partial charge in [-0.1, -0.05) is 171 Å². The van der Waals surface area contributed by atoms with Gasteiger partial charge in [0.1, 0.15) is 85.1 Å². The summed E-state index contributed by atoms with van der Waals surface area (Å²) >= 11 is 1.46. The Balaban J connectivity index is 1.07. The number of hydrogen-bond acceptors (Lipinski definition) is 24. The Morgan fingerprint density at radius 2 is 1.19 bits per heavy atom. The molecule has 3 heterocycles. The summed E-state index contributed by atoms with van der Waals surface area (Å²) in [6, 6.07) is 12.9. The molecule has 4 aromatic carbocycles. The number of aliphatic hydroxyl groups excluding tert-OH is 7. The first-order chi connectivity index (χ1) is 61.6. The molecular formula is C92H134N14O22S. The number of unbranched alkanes of at least 4 members (excludes halogenated alkanes) is 5. The summed E-state index contributed by atoms with van der Waals surface area (Å²) in [6.45, 7) is 10.1. The van der Waals surface area contributed by atoms with Crippen LogP contribution in [0.3, 0.4) is 0 Å². The van der Waals surface area contributed by atoms with Crippen LogP contribution in [0, 0.1) is 17.8 Å². The second-order valence-electron chi connectivity index (χ2n) is 34.8. The number of hydrogen-bond donors (Lipinski definition) is 20. The van der Waals surface area contributed by atoms with Crippen LogP contribution in [0.15, 0.2) is 103 Å². The number of benzene rings is 4. The molecule has 129 heavy (non-hydrogen) atoms. The fourth-order valence-corrected chi connectivity index (χ4v) is 17.3. The van der Waals surface area contributed by atoms with E-state index in [1.807, 2.05) is 68.6 Å². The number of phenolic OH excluding ortho intramolecular Hbond substituents is 1. The van der Waals surface area contributed by atoms with Crippen molar-refractivity contribution in [2.24, 2.45) is 17.8 Å². The van der Waals surface area contributed by atoms with Crippen molar-refractivity contribution in [3.05, 3.63) is 125 Å². The predicted molar refractivity (Wildman–Crippen MR) is 480 cm³/mol. The fourth-order valence-electron chi connectivity index (χ4n) is 16.8. The van der Waals surface area contributed by atoms with Crippen LogP contribution >= 0.6 is 11.8 Å². The summed E-state index contributed by atoms with van der Waals surface area (Å²) in [4.78, 5) is 189. The molecule has 4 aromatic rings. The number of ether oxygens (including phenoxy) is 1. The van der Waals surface area contributed by atoms with Crippen molar-refractivity contribution in [3.63, 3.8) is 0 Å². The molecule has 4 aliphatic rings. The average Bonchev–Trinajstić information content (AvgIpc) is 1.62. The zero-order valence-electron chi connectivity index (χ0n) is 74.9. The monoisotopic (exact) mass is 1820 g/mol. The van der Waals surface area contributed by atoms with Gasteiger partial charge in [-0.3, -0.25) is 62.9 Å². The van der Waals surface area contributed by atoms with Crippen LogP contribution in [0.25, 0.3) is 11.1 Å². The van der Waals surface area contributed by atoms with Crippen molar-refractivity contribution in [3.8, 4) is 16.9 Å². The summed E-state index contributed by atoms with van der Waals surface area (Å²) in [7, 11) is 0. The number of alkyl carbamates (subject to hydrolysis) is 1. The van der Waals surface area contributed by atoms with Gasteiger partial charge in [-0.05, 0) is 121 Å². The number of nitrogens with zero attached hydrogens (tertiary/aromatic N) is 2. The predicted octanol–water partition coefficient (Wildman–Crippen LogP) is 1.45. The molecule has 20 N–H and O–H groups in total. The number of aromatic hydroxyl groups is 1. The van der Waals surface area contributed by atoms with E-state index in [2.05, 4.69) is 84.6 Å². The van der Waals surface area contributed by atoms with Crippen LogP contribution in [-0.2, 0) is 68.7 Å². The topological polar surface area (TPSA) is 544 Å². The van der Waals surface area contributed by atoms with Gasteiger partial charge in [0.2, 0.25) is 70.9 Å².